The number of nitrogens with zero attached hydrogens (tertiary/aromatic N) is 2. The van der Waals surface area contributed by atoms with Crippen LogP contribution in [0.4, 0.5) is 0 Å². The lowest BCUT2D eigenvalue weighted by molar-refractivity contribution is -0.0000230. The average molecular weight is 334 g/mol. The van der Waals surface area contributed by atoms with Crippen molar-refractivity contribution in [3.63, 3.8) is 0 Å². The average Bonchev–Trinajstić information content (AvgIpc) is 2.91. The molecule has 0 bridgehead atoms. The van der Waals surface area contributed by atoms with Crippen molar-refractivity contribution in [1.29, 1.82) is 0 Å². The first kappa shape index (κ1) is 17.5. The molecule has 0 radical (unpaired) electrons. The molecule has 0 aromatic heterocycles. The summed E-state index contributed by atoms with van der Waals surface area (Å²) in [6, 6.07) is 2.44. The largest absolute Gasteiger partial charge is 1.00 e. The van der Waals surface area contributed by atoms with Gasteiger partial charge in [-0.2, -0.15) is 0 Å². The molecule has 0 spiro atoms. The summed E-state index contributed by atoms with van der Waals surface area (Å²) in [6.45, 7) is 12.8. The molecule has 0 aromatic carbocycles. The van der Waals surface area contributed by atoms with Gasteiger partial charge in [-0.05, 0) is 64.3 Å². The third-order valence-corrected chi connectivity index (χ3v) is 4.93. The maximum absolute atomic E-state index is 12.1. The van der Waals surface area contributed by atoms with Crippen molar-refractivity contribution < 1.29 is 21.9 Å². The molecule has 23 heavy (non-hydrogen) atoms. The number of rotatable bonds is 2. The number of carbonyl (C=O) groups excluding carboxylic acids is 1. The first-order chi connectivity index (χ1) is 10.4. The van der Waals surface area contributed by atoms with Gasteiger partial charge in [0.15, 0.2) is 5.69 Å². The van der Waals surface area contributed by atoms with Crippen LogP contribution < -0.4 is 12.4 Å². The van der Waals surface area contributed by atoms with Crippen LogP contribution in [-0.2, 0) is 4.74 Å². The van der Waals surface area contributed by atoms with E-state index in [4.69, 9.17) is 4.74 Å². The third-order valence-electron chi connectivity index (χ3n) is 4.93. The van der Waals surface area contributed by atoms with E-state index in [-0.39, 0.29) is 18.4 Å². The molecule has 0 fully saturated rings. The summed E-state index contributed by atoms with van der Waals surface area (Å²) < 4.78 is 7.46. The van der Waals surface area contributed by atoms with Crippen LogP contribution in [0.5, 0.6) is 0 Å². The summed E-state index contributed by atoms with van der Waals surface area (Å²) in [5, 5.41) is 0. The zero-order chi connectivity index (χ0) is 16.2. The Balaban J connectivity index is 0.00000192. The van der Waals surface area contributed by atoms with E-state index in [9.17, 15) is 4.79 Å². The molecule has 0 aromatic rings. The Morgan fingerprint density at radius 3 is 2.57 bits per heavy atom. The second-order valence-electron chi connectivity index (χ2n) is 6.04. The monoisotopic (exact) mass is 333 g/mol. The standard InChI is InChI=1S/C18H22N2O2.ClH/c1-7-22-18(21)17-11(4)16-13(6)20-12(5)9(2)10(3)15(20)8-14(16)19-17;/h8,12H,7H2,1-6H3;1H/p-1. The van der Waals surface area contributed by atoms with Crippen molar-refractivity contribution in [2.45, 2.75) is 47.6 Å². The molecule has 0 amide bonds. The minimum Gasteiger partial charge on any atom is -1.00 e. The second kappa shape index (κ2) is 6.00. The van der Waals surface area contributed by atoms with E-state index in [1.54, 1.807) is 0 Å². The number of esters is 1. The fourth-order valence-corrected chi connectivity index (χ4v) is 3.53. The Hall–Kier alpha value is -1.81. The maximum Gasteiger partial charge on any atom is 0.357 e. The van der Waals surface area contributed by atoms with E-state index in [2.05, 4.69) is 43.3 Å². The minimum atomic E-state index is -0.336. The molecule has 0 N–H and O–H groups in total. The highest BCUT2D eigenvalue weighted by molar-refractivity contribution is 5.94. The van der Waals surface area contributed by atoms with Crippen molar-refractivity contribution in [2.24, 2.45) is 0 Å². The van der Waals surface area contributed by atoms with Crippen molar-refractivity contribution >= 4 is 11.5 Å². The summed E-state index contributed by atoms with van der Waals surface area (Å²) in [5.41, 5.74) is 8.35. The molecule has 3 aliphatic rings. The van der Waals surface area contributed by atoms with Gasteiger partial charge in [-0.25, -0.2) is 9.78 Å². The topological polar surface area (TPSA) is 44.1 Å². The zero-order valence-corrected chi connectivity index (χ0v) is 15.2. The number of fused-ring (bicyclic) bond motifs is 2. The third kappa shape index (κ3) is 2.36. The Labute approximate surface area is 143 Å². The second-order valence-corrected chi connectivity index (χ2v) is 6.04. The van der Waals surface area contributed by atoms with Gasteiger partial charge in [-0.15, -0.1) is 0 Å². The predicted octanol–water partition coefficient (Wildman–Crippen LogP) is 1.15. The van der Waals surface area contributed by atoms with Gasteiger partial charge in [0, 0.05) is 17.0 Å². The van der Waals surface area contributed by atoms with Gasteiger partial charge in [0.1, 0.15) is 0 Å². The van der Waals surface area contributed by atoms with E-state index in [0.717, 1.165) is 22.5 Å². The van der Waals surface area contributed by atoms with Gasteiger partial charge in [-0.1, -0.05) is 0 Å². The maximum atomic E-state index is 12.1. The number of pyridine rings is 1. The lowest BCUT2D eigenvalue weighted by Crippen LogP contribution is -3.00. The Morgan fingerprint density at radius 1 is 1.30 bits per heavy atom. The first-order valence-corrected chi connectivity index (χ1v) is 7.75. The molecule has 3 heterocycles. The Kier molecular flexibility index (Phi) is 4.58. The van der Waals surface area contributed by atoms with Crippen LogP contribution in [0.15, 0.2) is 11.6 Å². The summed E-state index contributed by atoms with van der Waals surface area (Å²) in [6.07, 6.45) is 0. The van der Waals surface area contributed by atoms with Gasteiger partial charge in [0.25, 0.3) is 0 Å². The van der Waals surface area contributed by atoms with E-state index in [0.29, 0.717) is 18.3 Å². The molecule has 0 aliphatic carbocycles. The fraction of sp³-hybridized carbons (Fsp3) is 0.444. The smallest absolute Gasteiger partial charge is 0.357 e. The highest BCUT2D eigenvalue weighted by Gasteiger charge is 2.30. The molecule has 1 atom stereocenters. The van der Waals surface area contributed by atoms with Gasteiger partial charge in [0.05, 0.1) is 18.3 Å². The van der Waals surface area contributed by atoms with Crippen LogP contribution >= 0.6 is 0 Å². The predicted molar refractivity (Wildman–Crippen MR) is 87.3 cm³/mol. The fourth-order valence-electron chi connectivity index (χ4n) is 3.53. The van der Waals surface area contributed by atoms with Crippen LogP contribution in [0.3, 0.4) is 0 Å². The van der Waals surface area contributed by atoms with E-state index >= 15 is 0 Å². The molecule has 0 saturated heterocycles. The van der Waals surface area contributed by atoms with Gasteiger partial charge >= 0.3 is 5.97 Å². The number of hydrogen-bond donors (Lipinski definition) is 0. The molecule has 5 heteroatoms. The Morgan fingerprint density at radius 2 is 1.96 bits per heavy atom. The van der Waals surface area contributed by atoms with Gasteiger partial charge < -0.3 is 21.7 Å². The molecular formula is C18H22ClN2O2-. The molecule has 1 unspecified atom stereocenters. The molecule has 3 rings (SSSR count). The summed E-state index contributed by atoms with van der Waals surface area (Å²) >= 11 is 0. The quantitative estimate of drug-likeness (QED) is 0.775. The van der Waals surface area contributed by atoms with Crippen LogP contribution in [0.2, 0.25) is 0 Å². The van der Waals surface area contributed by atoms with Crippen LogP contribution in [0.25, 0.3) is 16.8 Å². The highest BCUT2D eigenvalue weighted by Crippen LogP contribution is 2.42. The number of aromatic nitrogens is 2. The van der Waals surface area contributed by atoms with Crippen molar-refractivity contribution in [2.75, 3.05) is 6.61 Å². The summed E-state index contributed by atoms with van der Waals surface area (Å²) in [5.74, 6) is -0.336. The van der Waals surface area contributed by atoms with Crippen molar-refractivity contribution in [3.8, 4) is 11.3 Å². The van der Waals surface area contributed by atoms with E-state index in [1.165, 1.54) is 16.8 Å². The SMILES string of the molecule is CCOC(=O)c1nc2cc3n(c(C)c-2c1C)C(C)C(C)=C3C.[Cl-]. The first-order valence-electron chi connectivity index (χ1n) is 7.75. The normalized spacial score (nSPS) is 16.5. The van der Waals surface area contributed by atoms with Crippen molar-refractivity contribution in [3.05, 3.63) is 34.3 Å². The van der Waals surface area contributed by atoms with Gasteiger partial charge in [-0.3, -0.25) is 0 Å². The lowest BCUT2D eigenvalue weighted by atomic mass is 10.0. The molecular weight excluding hydrogens is 312 g/mol. The van der Waals surface area contributed by atoms with Crippen LogP contribution in [-0.4, -0.2) is 22.1 Å². The molecule has 4 nitrogen and oxygen atoms in total. The Bertz CT molecular complexity index is 789. The number of carbonyl (C=O) groups is 1. The number of ether oxygens (including phenoxy) is 1. The van der Waals surface area contributed by atoms with E-state index < -0.39 is 0 Å². The van der Waals surface area contributed by atoms with Crippen LogP contribution in [0, 0.1) is 13.8 Å². The van der Waals surface area contributed by atoms with Gasteiger partial charge in [0.2, 0.25) is 0 Å². The highest BCUT2D eigenvalue weighted by atomic mass is 35.5. The van der Waals surface area contributed by atoms with Crippen LogP contribution in [0.1, 0.15) is 61.2 Å². The molecule has 124 valence electrons. The van der Waals surface area contributed by atoms with E-state index in [1.807, 2.05) is 13.8 Å². The van der Waals surface area contributed by atoms with Crippen molar-refractivity contribution in [1.82, 2.24) is 9.55 Å². The number of halogens is 1. The number of hydrogen-bond acceptors (Lipinski definition) is 3. The lowest BCUT2D eigenvalue weighted by Gasteiger charge is -2.20. The zero-order valence-electron chi connectivity index (χ0n) is 14.5. The summed E-state index contributed by atoms with van der Waals surface area (Å²) in [4.78, 5) is 16.6. The minimum absolute atomic E-state index is 0. The summed E-state index contributed by atoms with van der Waals surface area (Å²) in [7, 11) is 0. The molecule has 3 aliphatic heterocycles. The molecule has 0 saturated carbocycles. The number of allylic oxidation sites excluding steroid dienone is 2.